The van der Waals surface area contributed by atoms with E-state index in [0.29, 0.717) is 31.9 Å². The number of phenolic OH excluding ortho intramolecular Hbond substituents is 1. The molecule has 2 N–H and O–H groups in total. The summed E-state index contributed by atoms with van der Waals surface area (Å²) >= 11 is 0. The summed E-state index contributed by atoms with van der Waals surface area (Å²) in [5, 5.41) is 14.6. The number of rotatable bonds is 4. The van der Waals surface area contributed by atoms with Crippen LogP contribution >= 0.6 is 0 Å². The molecule has 1 saturated heterocycles. The Hall–Kier alpha value is -2.86. The fourth-order valence-electron chi connectivity index (χ4n) is 4.45. The third-order valence-electron chi connectivity index (χ3n) is 6.04. The maximum atomic E-state index is 11.8. The van der Waals surface area contributed by atoms with E-state index in [1.807, 2.05) is 42.2 Å². The number of likely N-dealkylation sites (tertiary alicyclic amines) is 1. The van der Waals surface area contributed by atoms with E-state index in [0.717, 1.165) is 29.7 Å². The van der Waals surface area contributed by atoms with Crippen LogP contribution in [0.4, 0.5) is 0 Å². The number of hydrogen-bond acceptors (Lipinski definition) is 5. The summed E-state index contributed by atoms with van der Waals surface area (Å²) in [6.07, 6.45) is 2.15. The van der Waals surface area contributed by atoms with E-state index in [-0.39, 0.29) is 17.7 Å². The predicted octanol–water partition coefficient (Wildman–Crippen LogP) is 3.65. The molecule has 2 aromatic rings. The second-order valence-electron chi connectivity index (χ2n) is 7.99. The van der Waals surface area contributed by atoms with E-state index in [1.54, 1.807) is 13.0 Å². The maximum absolute atomic E-state index is 11.8. The van der Waals surface area contributed by atoms with Gasteiger partial charge in [-0.15, -0.1) is 0 Å². The third-order valence-corrected chi connectivity index (χ3v) is 6.04. The number of aliphatic imine (C=N–C) groups is 1. The second-order valence-corrected chi connectivity index (χ2v) is 7.99. The number of carbonyl (C=O) groups excluding carboxylic acids is 1. The number of aromatic hydroxyl groups is 1. The summed E-state index contributed by atoms with van der Waals surface area (Å²) in [6.45, 7) is 5.36. The third kappa shape index (κ3) is 4.05. The summed E-state index contributed by atoms with van der Waals surface area (Å²) in [5.74, 6) is 0.787. The summed E-state index contributed by atoms with van der Waals surface area (Å²) in [4.78, 5) is 18.8. The standard InChI is InChI=1S/C24H29N3O3/c1-3-30-22-11-7-10-19(23(22)29)21-16-20(18-8-5-4-6-9-18)25-24(26-21)12-14-27(15-13-24)17(2)28/h4-11,21,26,29H,3,12-16H2,1-2H3/t21-/m0/s1. The first-order chi connectivity index (χ1) is 14.5. The van der Waals surface area contributed by atoms with Gasteiger partial charge < -0.3 is 14.7 Å². The highest BCUT2D eigenvalue weighted by atomic mass is 16.5. The van der Waals surface area contributed by atoms with Gasteiger partial charge in [0.2, 0.25) is 5.91 Å². The zero-order chi connectivity index (χ0) is 21.1. The van der Waals surface area contributed by atoms with Crippen LogP contribution in [0, 0.1) is 0 Å². The molecule has 0 saturated carbocycles. The van der Waals surface area contributed by atoms with Gasteiger partial charge in [0.05, 0.1) is 6.61 Å². The molecule has 2 aliphatic rings. The molecule has 0 aliphatic carbocycles. The molecule has 0 bridgehead atoms. The number of ether oxygens (including phenoxy) is 1. The highest BCUT2D eigenvalue weighted by molar-refractivity contribution is 6.01. The minimum absolute atomic E-state index is 0.0954. The molecule has 4 rings (SSSR count). The maximum Gasteiger partial charge on any atom is 0.219 e. The Bertz CT molecular complexity index is 934. The lowest BCUT2D eigenvalue weighted by atomic mass is 9.87. The van der Waals surface area contributed by atoms with E-state index in [4.69, 9.17) is 9.73 Å². The number of benzene rings is 2. The van der Waals surface area contributed by atoms with Crippen LogP contribution in [-0.2, 0) is 4.79 Å². The summed E-state index contributed by atoms with van der Waals surface area (Å²) < 4.78 is 5.60. The van der Waals surface area contributed by atoms with Gasteiger partial charge in [-0.25, -0.2) is 0 Å². The number of piperidine rings is 1. The summed E-state index contributed by atoms with van der Waals surface area (Å²) in [6, 6.07) is 15.8. The lowest BCUT2D eigenvalue weighted by Gasteiger charge is -2.45. The normalized spacial score (nSPS) is 20.7. The number of carbonyl (C=O) groups is 1. The van der Waals surface area contributed by atoms with Crippen LogP contribution in [0.2, 0.25) is 0 Å². The van der Waals surface area contributed by atoms with Gasteiger partial charge in [-0.2, -0.15) is 0 Å². The number of para-hydroxylation sites is 1. The minimum atomic E-state index is -0.450. The molecule has 6 heteroatoms. The van der Waals surface area contributed by atoms with Crippen molar-refractivity contribution in [3.63, 3.8) is 0 Å². The number of nitrogens with zero attached hydrogens (tertiary/aromatic N) is 2. The van der Waals surface area contributed by atoms with Gasteiger partial charge in [0.15, 0.2) is 11.5 Å². The quantitative estimate of drug-likeness (QED) is 0.811. The van der Waals surface area contributed by atoms with E-state index in [9.17, 15) is 9.90 Å². The Morgan fingerprint density at radius 2 is 1.93 bits per heavy atom. The van der Waals surface area contributed by atoms with Gasteiger partial charge in [0.1, 0.15) is 5.66 Å². The topological polar surface area (TPSA) is 74.2 Å². The van der Waals surface area contributed by atoms with E-state index >= 15 is 0 Å². The Kier molecular flexibility index (Phi) is 5.77. The smallest absolute Gasteiger partial charge is 0.219 e. The highest BCUT2D eigenvalue weighted by Crippen LogP contribution is 2.40. The van der Waals surface area contributed by atoms with Crippen LogP contribution in [0.25, 0.3) is 0 Å². The van der Waals surface area contributed by atoms with Crippen LogP contribution < -0.4 is 10.1 Å². The molecule has 2 aromatic carbocycles. The number of nitrogens with one attached hydrogen (secondary N) is 1. The van der Waals surface area contributed by atoms with Gasteiger partial charge in [-0.3, -0.25) is 15.1 Å². The molecule has 1 amide bonds. The SMILES string of the molecule is CCOc1cccc([C@@H]2CC(c3ccccc3)=NC3(CCN(C(C)=O)CC3)N2)c1O. The van der Waals surface area contributed by atoms with Crippen molar-refractivity contribution in [1.29, 1.82) is 0 Å². The molecule has 0 radical (unpaired) electrons. The molecule has 0 aromatic heterocycles. The zero-order valence-corrected chi connectivity index (χ0v) is 17.6. The van der Waals surface area contributed by atoms with E-state index in [2.05, 4.69) is 17.4 Å². The van der Waals surface area contributed by atoms with Crippen LogP contribution in [-0.4, -0.2) is 47.0 Å². The Morgan fingerprint density at radius 3 is 2.60 bits per heavy atom. The average molecular weight is 408 g/mol. The largest absolute Gasteiger partial charge is 0.504 e. The zero-order valence-electron chi connectivity index (χ0n) is 17.6. The fraction of sp³-hybridized carbons (Fsp3) is 0.417. The number of phenols is 1. The molecule has 30 heavy (non-hydrogen) atoms. The molecule has 1 spiro atoms. The molecular weight excluding hydrogens is 378 g/mol. The lowest BCUT2D eigenvalue weighted by molar-refractivity contribution is -0.130. The summed E-state index contributed by atoms with van der Waals surface area (Å²) in [7, 11) is 0. The molecule has 2 aliphatic heterocycles. The molecule has 1 atom stereocenters. The second kappa shape index (κ2) is 8.48. The molecule has 2 heterocycles. The minimum Gasteiger partial charge on any atom is -0.504 e. The van der Waals surface area contributed by atoms with Crippen molar-refractivity contribution < 1.29 is 14.6 Å². The monoisotopic (exact) mass is 407 g/mol. The van der Waals surface area contributed by atoms with E-state index < -0.39 is 5.66 Å². The molecule has 158 valence electrons. The van der Waals surface area contributed by atoms with Crippen LogP contribution in [0.15, 0.2) is 53.5 Å². The highest BCUT2D eigenvalue weighted by Gasteiger charge is 2.41. The van der Waals surface area contributed by atoms with E-state index in [1.165, 1.54) is 0 Å². The number of amides is 1. The van der Waals surface area contributed by atoms with Gasteiger partial charge >= 0.3 is 0 Å². The Morgan fingerprint density at radius 1 is 1.20 bits per heavy atom. The van der Waals surface area contributed by atoms with Crippen LogP contribution in [0.3, 0.4) is 0 Å². The number of hydrogen-bond donors (Lipinski definition) is 2. The Labute approximate surface area is 177 Å². The summed E-state index contributed by atoms with van der Waals surface area (Å²) in [5.41, 5.74) is 2.49. The van der Waals surface area contributed by atoms with Gasteiger partial charge in [0, 0.05) is 56.6 Å². The van der Waals surface area contributed by atoms with Crippen molar-refractivity contribution in [2.45, 2.75) is 44.8 Å². The molecule has 0 unspecified atom stereocenters. The van der Waals surface area contributed by atoms with Crippen molar-refractivity contribution >= 4 is 11.6 Å². The molecule has 1 fully saturated rings. The van der Waals surface area contributed by atoms with Crippen molar-refractivity contribution in [1.82, 2.24) is 10.2 Å². The fourth-order valence-corrected chi connectivity index (χ4v) is 4.45. The average Bonchev–Trinajstić information content (AvgIpc) is 2.76. The van der Waals surface area contributed by atoms with Crippen LogP contribution in [0.5, 0.6) is 11.5 Å². The predicted molar refractivity (Wildman–Crippen MR) is 117 cm³/mol. The first-order valence-electron chi connectivity index (χ1n) is 10.6. The van der Waals surface area contributed by atoms with Gasteiger partial charge in [-0.05, 0) is 18.6 Å². The van der Waals surface area contributed by atoms with Crippen molar-refractivity contribution in [3.05, 3.63) is 59.7 Å². The van der Waals surface area contributed by atoms with Crippen LogP contribution in [0.1, 0.15) is 50.3 Å². The lowest BCUT2D eigenvalue weighted by Crippen LogP contribution is -2.56. The first kappa shape index (κ1) is 20.4. The Balaban J connectivity index is 1.70. The van der Waals surface area contributed by atoms with Gasteiger partial charge in [0.25, 0.3) is 0 Å². The first-order valence-corrected chi connectivity index (χ1v) is 10.6. The van der Waals surface area contributed by atoms with Crippen molar-refractivity contribution in [3.8, 4) is 11.5 Å². The van der Waals surface area contributed by atoms with Gasteiger partial charge in [-0.1, -0.05) is 42.5 Å². The van der Waals surface area contributed by atoms with Crippen molar-refractivity contribution in [2.75, 3.05) is 19.7 Å². The molecule has 6 nitrogen and oxygen atoms in total. The molecular formula is C24H29N3O3. The van der Waals surface area contributed by atoms with Crippen molar-refractivity contribution in [2.24, 2.45) is 4.99 Å².